The van der Waals surface area contributed by atoms with Gasteiger partial charge in [0.15, 0.2) is 0 Å². The van der Waals surface area contributed by atoms with Crippen LogP contribution < -0.4 is 5.32 Å². The van der Waals surface area contributed by atoms with E-state index in [0.29, 0.717) is 11.0 Å². The smallest absolute Gasteiger partial charge is 0.139 e. The summed E-state index contributed by atoms with van der Waals surface area (Å²) in [5.41, 5.74) is 3.91. The van der Waals surface area contributed by atoms with E-state index < -0.39 is 0 Å². The number of rotatable bonds is 3. The number of fused-ring (bicyclic) bond motifs is 1. The molecular formula is C17H14BrFN2. The maximum Gasteiger partial charge on any atom is 0.139 e. The zero-order valence-electron chi connectivity index (χ0n) is 11.5. The molecule has 3 aromatic rings. The summed E-state index contributed by atoms with van der Waals surface area (Å²) >= 11 is 3.20. The molecule has 0 fully saturated rings. The molecule has 0 aliphatic heterocycles. The van der Waals surface area contributed by atoms with E-state index in [9.17, 15) is 4.39 Å². The van der Waals surface area contributed by atoms with Gasteiger partial charge >= 0.3 is 0 Å². The van der Waals surface area contributed by atoms with Gasteiger partial charge in [0.2, 0.25) is 0 Å². The summed E-state index contributed by atoms with van der Waals surface area (Å²) in [5.74, 6) is -0.261. The molecule has 3 rings (SSSR count). The van der Waals surface area contributed by atoms with E-state index >= 15 is 0 Å². The van der Waals surface area contributed by atoms with Crippen molar-refractivity contribution in [2.75, 3.05) is 5.32 Å². The van der Waals surface area contributed by atoms with Crippen molar-refractivity contribution in [1.82, 2.24) is 4.98 Å². The molecule has 0 saturated heterocycles. The van der Waals surface area contributed by atoms with Crippen LogP contribution in [0.4, 0.5) is 10.1 Å². The summed E-state index contributed by atoms with van der Waals surface area (Å²) in [4.78, 5) is 4.35. The third-order valence-corrected chi connectivity index (χ3v) is 4.08. The van der Waals surface area contributed by atoms with Crippen LogP contribution in [0, 0.1) is 12.7 Å². The second-order valence-corrected chi connectivity index (χ2v) is 5.78. The van der Waals surface area contributed by atoms with Gasteiger partial charge in [-0.05, 0) is 58.2 Å². The molecule has 1 heterocycles. The highest BCUT2D eigenvalue weighted by atomic mass is 79.9. The summed E-state index contributed by atoms with van der Waals surface area (Å²) in [7, 11) is 0. The average molecular weight is 345 g/mol. The highest BCUT2D eigenvalue weighted by molar-refractivity contribution is 9.10. The van der Waals surface area contributed by atoms with Gasteiger partial charge in [-0.25, -0.2) is 4.39 Å². The van der Waals surface area contributed by atoms with E-state index in [-0.39, 0.29) is 5.82 Å². The van der Waals surface area contributed by atoms with Crippen molar-refractivity contribution in [1.29, 1.82) is 0 Å². The fraction of sp³-hybridized carbons (Fsp3) is 0.118. The van der Waals surface area contributed by atoms with Crippen molar-refractivity contribution in [3.8, 4) is 0 Å². The van der Waals surface area contributed by atoms with Crippen molar-refractivity contribution >= 4 is 32.5 Å². The van der Waals surface area contributed by atoms with Crippen molar-refractivity contribution < 1.29 is 4.39 Å². The number of pyridine rings is 1. The van der Waals surface area contributed by atoms with E-state index in [1.54, 1.807) is 12.3 Å². The van der Waals surface area contributed by atoms with E-state index in [2.05, 4.69) is 26.2 Å². The van der Waals surface area contributed by atoms with Gasteiger partial charge in [0, 0.05) is 23.8 Å². The van der Waals surface area contributed by atoms with Gasteiger partial charge in [0.25, 0.3) is 0 Å². The van der Waals surface area contributed by atoms with Gasteiger partial charge in [-0.2, -0.15) is 0 Å². The van der Waals surface area contributed by atoms with Crippen molar-refractivity contribution in [3.05, 3.63) is 70.1 Å². The Hall–Kier alpha value is -1.94. The number of anilines is 1. The van der Waals surface area contributed by atoms with Crippen molar-refractivity contribution in [3.63, 3.8) is 0 Å². The Kier molecular flexibility index (Phi) is 3.88. The molecule has 0 radical (unpaired) electrons. The van der Waals surface area contributed by atoms with Gasteiger partial charge < -0.3 is 5.32 Å². The molecule has 0 atom stereocenters. The SMILES string of the molecule is Cc1cc(Br)c(F)cc1NCc1ccnc2ccccc12. The molecule has 4 heteroatoms. The summed E-state index contributed by atoms with van der Waals surface area (Å²) in [6.45, 7) is 2.59. The molecule has 0 unspecified atom stereocenters. The number of nitrogens with zero attached hydrogens (tertiary/aromatic N) is 1. The number of hydrogen-bond acceptors (Lipinski definition) is 2. The first kappa shape index (κ1) is 14.0. The lowest BCUT2D eigenvalue weighted by Crippen LogP contribution is -2.02. The van der Waals surface area contributed by atoms with E-state index in [0.717, 1.165) is 27.7 Å². The monoisotopic (exact) mass is 344 g/mol. The molecule has 0 aliphatic carbocycles. The Labute approximate surface area is 131 Å². The van der Waals surface area contributed by atoms with Crippen LogP contribution in [0.1, 0.15) is 11.1 Å². The lowest BCUT2D eigenvalue weighted by molar-refractivity contribution is 0.621. The van der Waals surface area contributed by atoms with Crippen LogP contribution in [0.25, 0.3) is 10.9 Å². The Bertz CT molecular complexity index is 797. The van der Waals surface area contributed by atoms with Crippen molar-refractivity contribution in [2.24, 2.45) is 0 Å². The van der Waals surface area contributed by atoms with Crippen LogP contribution in [0.2, 0.25) is 0 Å². The topological polar surface area (TPSA) is 24.9 Å². The maximum atomic E-state index is 13.6. The Morgan fingerprint density at radius 2 is 2.00 bits per heavy atom. The fourth-order valence-corrected chi connectivity index (χ4v) is 2.79. The zero-order valence-corrected chi connectivity index (χ0v) is 13.1. The average Bonchev–Trinajstić information content (AvgIpc) is 2.49. The standard InChI is InChI=1S/C17H14BrFN2/c1-11-8-14(18)15(19)9-17(11)21-10-12-6-7-20-16-5-3-2-4-13(12)16/h2-9,21H,10H2,1H3. The summed E-state index contributed by atoms with van der Waals surface area (Å²) in [6.07, 6.45) is 1.80. The third kappa shape index (κ3) is 2.90. The predicted octanol–water partition coefficient (Wildman–Crippen LogP) is 5.06. The van der Waals surface area contributed by atoms with E-state index in [1.807, 2.05) is 37.3 Å². The molecule has 0 amide bonds. The van der Waals surface area contributed by atoms with Gasteiger partial charge in [-0.1, -0.05) is 18.2 Å². The number of benzene rings is 2. The number of hydrogen-bond donors (Lipinski definition) is 1. The number of aromatic nitrogens is 1. The van der Waals surface area contributed by atoms with Crippen molar-refractivity contribution in [2.45, 2.75) is 13.5 Å². The zero-order chi connectivity index (χ0) is 14.8. The highest BCUT2D eigenvalue weighted by Gasteiger charge is 2.06. The minimum atomic E-state index is -0.261. The van der Waals surface area contributed by atoms with Crippen LogP contribution in [-0.4, -0.2) is 4.98 Å². The van der Waals surface area contributed by atoms with Crippen LogP contribution in [0.3, 0.4) is 0 Å². The van der Waals surface area contributed by atoms with Crippen LogP contribution >= 0.6 is 15.9 Å². The number of nitrogens with one attached hydrogen (secondary N) is 1. The second-order valence-electron chi connectivity index (χ2n) is 4.92. The van der Waals surface area contributed by atoms with Crippen LogP contribution in [0.5, 0.6) is 0 Å². The number of halogens is 2. The molecule has 21 heavy (non-hydrogen) atoms. The molecule has 0 saturated carbocycles. The quantitative estimate of drug-likeness (QED) is 0.718. The Morgan fingerprint density at radius 1 is 1.19 bits per heavy atom. The molecule has 1 aromatic heterocycles. The fourth-order valence-electron chi connectivity index (χ4n) is 2.34. The van der Waals surface area contributed by atoms with E-state index in [4.69, 9.17) is 0 Å². The van der Waals surface area contributed by atoms with Crippen LogP contribution in [-0.2, 0) is 6.54 Å². The Balaban J connectivity index is 1.89. The minimum absolute atomic E-state index is 0.261. The highest BCUT2D eigenvalue weighted by Crippen LogP contribution is 2.25. The molecule has 2 aromatic carbocycles. The molecule has 0 spiro atoms. The molecular weight excluding hydrogens is 331 g/mol. The normalized spacial score (nSPS) is 10.8. The maximum absolute atomic E-state index is 13.6. The van der Waals surface area contributed by atoms with Gasteiger partial charge in [0.1, 0.15) is 5.82 Å². The largest absolute Gasteiger partial charge is 0.381 e. The number of para-hydroxylation sites is 1. The van der Waals surface area contributed by atoms with Gasteiger partial charge in [0.05, 0.1) is 9.99 Å². The second kappa shape index (κ2) is 5.82. The predicted molar refractivity (Wildman–Crippen MR) is 87.9 cm³/mol. The summed E-state index contributed by atoms with van der Waals surface area (Å²) < 4.78 is 14.1. The Morgan fingerprint density at radius 3 is 2.86 bits per heavy atom. The first-order chi connectivity index (χ1) is 10.1. The molecule has 2 nitrogen and oxygen atoms in total. The minimum Gasteiger partial charge on any atom is -0.381 e. The molecule has 0 aliphatic rings. The van der Waals surface area contributed by atoms with Gasteiger partial charge in [-0.15, -0.1) is 0 Å². The summed E-state index contributed by atoms with van der Waals surface area (Å²) in [5, 5.41) is 4.41. The molecule has 0 bridgehead atoms. The number of aryl methyl sites for hydroxylation is 1. The molecule has 1 N–H and O–H groups in total. The summed E-state index contributed by atoms with van der Waals surface area (Å²) in [6, 6.07) is 13.3. The third-order valence-electron chi connectivity index (χ3n) is 3.48. The van der Waals surface area contributed by atoms with Gasteiger partial charge in [-0.3, -0.25) is 4.98 Å². The lowest BCUT2D eigenvalue weighted by Gasteiger charge is -2.12. The first-order valence-corrected chi connectivity index (χ1v) is 7.46. The first-order valence-electron chi connectivity index (χ1n) is 6.67. The van der Waals surface area contributed by atoms with E-state index in [1.165, 1.54) is 6.07 Å². The van der Waals surface area contributed by atoms with Crippen LogP contribution in [0.15, 0.2) is 53.1 Å². The molecule has 106 valence electrons. The lowest BCUT2D eigenvalue weighted by atomic mass is 10.1.